The zero-order chi connectivity index (χ0) is 21.6. The summed E-state index contributed by atoms with van der Waals surface area (Å²) >= 11 is 0. The summed E-state index contributed by atoms with van der Waals surface area (Å²) in [5, 5.41) is 8.95. The van der Waals surface area contributed by atoms with Gasteiger partial charge in [-0.2, -0.15) is 0 Å². The Bertz CT molecular complexity index is 1010. The Hall–Kier alpha value is -3.60. The Morgan fingerprint density at radius 1 is 0.903 bits per heavy atom. The number of ether oxygens (including phenoxy) is 1. The summed E-state index contributed by atoms with van der Waals surface area (Å²) in [5.74, 6) is -0.284. The van der Waals surface area contributed by atoms with Crippen LogP contribution < -0.4 is 9.64 Å². The molecule has 1 N–H and O–H groups in total. The van der Waals surface area contributed by atoms with Crippen molar-refractivity contribution in [3.8, 4) is 5.75 Å². The van der Waals surface area contributed by atoms with Crippen LogP contribution in [0.3, 0.4) is 0 Å². The van der Waals surface area contributed by atoms with Crippen molar-refractivity contribution in [3.05, 3.63) is 90.0 Å². The van der Waals surface area contributed by atoms with Gasteiger partial charge in [0, 0.05) is 17.8 Å². The van der Waals surface area contributed by atoms with Crippen molar-refractivity contribution in [2.75, 3.05) is 11.5 Å². The van der Waals surface area contributed by atoms with E-state index in [1.165, 1.54) is 0 Å². The van der Waals surface area contributed by atoms with Crippen molar-refractivity contribution in [2.24, 2.45) is 0 Å². The number of hydrogen-bond donors (Lipinski definition) is 1. The predicted octanol–water partition coefficient (Wildman–Crippen LogP) is 5.32. The lowest BCUT2D eigenvalue weighted by molar-refractivity contribution is -0.139. The van der Waals surface area contributed by atoms with Gasteiger partial charge in [0.15, 0.2) is 6.61 Å². The summed E-state index contributed by atoms with van der Waals surface area (Å²) in [5.41, 5.74) is 3.80. The first-order valence-corrected chi connectivity index (χ1v) is 10.5. The van der Waals surface area contributed by atoms with Crippen molar-refractivity contribution in [2.45, 2.75) is 31.6 Å². The fraction of sp³-hybridized carbons (Fsp3) is 0.231. The molecule has 0 bridgehead atoms. The number of anilines is 2. The second-order valence-corrected chi connectivity index (χ2v) is 7.70. The van der Waals surface area contributed by atoms with E-state index in [1.807, 2.05) is 78.9 Å². The number of rotatable bonds is 7. The second kappa shape index (κ2) is 9.47. The molecule has 0 fully saturated rings. The maximum absolute atomic E-state index is 13.5. The molecule has 0 spiro atoms. The van der Waals surface area contributed by atoms with Crippen LogP contribution in [0, 0.1) is 0 Å². The minimum atomic E-state index is -0.999. The van der Waals surface area contributed by atoms with E-state index in [0.29, 0.717) is 12.2 Å². The van der Waals surface area contributed by atoms with E-state index in [0.717, 1.165) is 41.8 Å². The average Bonchev–Trinajstić information content (AvgIpc) is 2.79. The molecule has 0 aliphatic heterocycles. The zero-order valence-corrected chi connectivity index (χ0v) is 17.2. The fourth-order valence-corrected chi connectivity index (χ4v) is 4.29. The Balaban J connectivity index is 1.61. The lowest BCUT2D eigenvalue weighted by Gasteiger charge is -2.29. The van der Waals surface area contributed by atoms with Crippen molar-refractivity contribution in [1.82, 2.24) is 0 Å². The number of benzene rings is 3. The smallest absolute Gasteiger partial charge is 0.341 e. The van der Waals surface area contributed by atoms with Gasteiger partial charge in [0.2, 0.25) is 5.91 Å². The fourth-order valence-electron chi connectivity index (χ4n) is 4.29. The van der Waals surface area contributed by atoms with E-state index >= 15 is 0 Å². The standard InChI is InChI=1S/C26H25NO4/c28-25(27(20-10-3-1-4-11-20)21-12-5-2-6-13-21)17-19-9-7-15-23-22(19)14-8-16-24(23)31-18-26(29)30/h1-6,8,10-14,16,19H,7,9,15,17-18H2,(H,29,30). The Labute approximate surface area is 181 Å². The van der Waals surface area contributed by atoms with Crippen LogP contribution in [0.2, 0.25) is 0 Å². The molecule has 3 aromatic carbocycles. The van der Waals surface area contributed by atoms with Gasteiger partial charge < -0.3 is 9.84 Å². The molecule has 0 saturated heterocycles. The molecule has 0 saturated carbocycles. The molecule has 1 unspecified atom stereocenters. The van der Waals surface area contributed by atoms with Crippen molar-refractivity contribution in [1.29, 1.82) is 0 Å². The van der Waals surface area contributed by atoms with Crippen LogP contribution in [0.25, 0.3) is 0 Å². The van der Waals surface area contributed by atoms with E-state index in [-0.39, 0.29) is 18.4 Å². The van der Waals surface area contributed by atoms with Crippen LogP contribution in [0.15, 0.2) is 78.9 Å². The third-order valence-corrected chi connectivity index (χ3v) is 5.64. The Morgan fingerprint density at radius 2 is 1.55 bits per heavy atom. The number of amides is 1. The number of carboxylic acids is 1. The molecule has 3 aromatic rings. The summed E-state index contributed by atoms with van der Waals surface area (Å²) in [6.07, 6.45) is 3.06. The highest BCUT2D eigenvalue weighted by Crippen LogP contribution is 2.39. The summed E-state index contributed by atoms with van der Waals surface area (Å²) < 4.78 is 5.51. The summed E-state index contributed by atoms with van der Waals surface area (Å²) in [6, 6.07) is 25.1. The van der Waals surface area contributed by atoms with E-state index < -0.39 is 5.97 Å². The predicted molar refractivity (Wildman–Crippen MR) is 120 cm³/mol. The van der Waals surface area contributed by atoms with Crippen molar-refractivity contribution < 1.29 is 19.4 Å². The third-order valence-electron chi connectivity index (χ3n) is 5.64. The SMILES string of the molecule is O=C(O)COc1cccc2c1CCCC2CC(=O)N(c1ccccc1)c1ccccc1. The van der Waals surface area contributed by atoms with Gasteiger partial charge in [-0.3, -0.25) is 9.69 Å². The van der Waals surface area contributed by atoms with Crippen LogP contribution in [0.4, 0.5) is 11.4 Å². The molecule has 31 heavy (non-hydrogen) atoms. The van der Waals surface area contributed by atoms with Crippen LogP contribution in [0.1, 0.15) is 36.3 Å². The van der Waals surface area contributed by atoms with Gasteiger partial charge in [-0.05, 0) is 66.6 Å². The molecule has 1 aliphatic rings. The molecule has 5 heteroatoms. The monoisotopic (exact) mass is 415 g/mol. The van der Waals surface area contributed by atoms with E-state index in [9.17, 15) is 9.59 Å². The summed E-state index contributed by atoms with van der Waals surface area (Å²) in [7, 11) is 0. The van der Waals surface area contributed by atoms with Gasteiger partial charge >= 0.3 is 5.97 Å². The number of carbonyl (C=O) groups excluding carboxylic acids is 1. The maximum Gasteiger partial charge on any atom is 0.341 e. The minimum Gasteiger partial charge on any atom is -0.482 e. The summed E-state index contributed by atoms with van der Waals surface area (Å²) in [6.45, 7) is -0.365. The van der Waals surface area contributed by atoms with Crippen LogP contribution in [-0.4, -0.2) is 23.6 Å². The Kier molecular flexibility index (Phi) is 6.32. The molecule has 1 amide bonds. The lowest BCUT2D eigenvalue weighted by atomic mass is 9.80. The highest BCUT2D eigenvalue weighted by atomic mass is 16.5. The van der Waals surface area contributed by atoms with Crippen LogP contribution >= 0.6 is 0 Å². The van der Waals surface area contributed by atoms with Gasteiger partial charge in [0.1, 0.15) is 5.75 Å². The highest BCUT2D eigenvalue weighted by Gasteiger charge is 2.28. The minimum absolute atomic E-state index is 0.0344. The van der Waals surface area contributed by atoms with Gasteiger partial charge in [-0.15, -0.1) is 0 Å². The highest BCUT2D eigenvalue weighted by molar-refractivity contribution is 6.00. The zero-order valence-electron chi connectivity index (χ0n) is 17.2. The first kappa shape index (κ1) is 20.7. The first-order chi connectivity index (χ1) is 15.1. The van der Waals surface area contributed by atoms with Gasteiger partial charge in [0.25, 0.3) is 0 Å². The normalized spacial score (nSPS) is 15.0. The number of carbonyl (C=O) groups is 2. The van der Waals surface area contributed by atoms with E-state index in [2.05, 4.69) is 0 Å². The Morgan fingerprint density at radius 3 is 2.16 bits per heavy atom. The van der Waals surface area contributed by atoms with Crippen molar-refractivity contribution >= 4 is 23.3 Å². The number of aliphatic carboxylic acids is 1. The molecule has 158 valence electrons. The summed E-state index contributed by atoms with van der Waals surface area (Å²) in [4.78, 5) is 26.2. The molecule has 0 aromatic heterocycles. The largest absolute Gasteiger partial charge is 0.482 e. The number of carboxylic acid groups (broad SMARTS) is 1. The van der Waals surface area contributed by atoms with Gasteiger partial charge in [0.05, 0.1) is 0 Å². The topological polar surface area (TPSA) is 66.8 Å². The molecule has 0 radical (unpaired) electrons. The molecule has 0 heterocycles. The molecular formula is C26H25NO4. The van der Waals surface area contributed by atoms with Gasteiger partial charge in [-0.25, -0.2) is 4.79 Å². The molecule has 1 atom stereocenters. The van der Waals surface area contributed by atoms with Crippen LogP contribution in [0.5, 0.6) is 5.75 Å². The molecule has 1 aliphatic carbocycles. The maximum atomic E-state index is 13.5. The van der Waals surface area contributed by atoms with Crippen LogP contribution in [-0.2, 0) is 16.0 Å². The van der Waals surface area contributed by atoms with E-state index in [1.54, 1.807) is 4.90 Å². The quantitative estimate of drug-likeness (QED) is 0.567. The third kappa shape index (κ3) is 4.77. The number of nitrogens with zero attached hydrogens (tertiary/aromatic N) is 1. The van der Waals surface area contributed by atoms with Crippen molar-refractivity contribution in [3.63, 3.8) is 0 Å². The lowest BCUT2D eigenvalue weighted by Crippen LogP contribution is -2.28. The second-order valence-electron chi connectivity index (χ2n) is 7.70. The molecular weight excluding hydrogens is 390 g/mol. The number of fused-ring (bicyclic) bond motifs is 1. The molecule has 4 rings (SSSR count). The van der Waals surface area contributed by atoms with Gasteiger partial charge in [-0.1, -0.05) is 48.5 Å². The number of hydrogen-bond acceptors (Lipinski definition) is 3. The van der Waals surface area contributed by atoms with E-state index in [4.69, 9.17) is 9.84 Å². The first-order valence-electron chi connectivity index (χ1n) is 10.5. The number of para-hydroxylation sites is 2. The average molecular weight is 415 g/mol. The molecule has 5 nitrogen and oxygen atoms in total.